The number of hydrogen-bond acceptors (Lipinski definition) is 5. The summed E-state index contributed by atoms with van der Waals surface area (Å²) < 4.78 is 16.2. The minimum atomic E-state index is 0.0860. The van der Waals surface area contributed by atoms with Crippen LogP contribution in [0.4, 0.5) is 0 Å². The molecule has 5 heteroatoms. The van der Waals surface area contributed by atoms with Gasteiger partial charge in [-0.2, -0.15) is 0 Å². The van der Waals surface area contributed by atoms with Crippen molar-refractivity contribution in [3.8, 4) is 11.5 Å². The first-order chi connectivity index (χ1) is 14.3. The second-order valence-corrected chi connectivity index (χ2v) is 7.12. The fraction of sp³-hybridized carbons (Fsp3) is 0.292. The average molecular weight is 390 g/mol. The Kier molecular flexibility index (Phi) is 6.08. The van der Waals surface area contributed by atoms with Crippen LogP contribution < -0.4 is 14.8 Å². The Bertz CT molecular complexity index is 929. The first-order valence-electron chi connectivity index (χ1n) is 9.83. The number of aromatic nitrogens is 1. The van der Waals surface area contributed by atoms with E-state index in [4.69, 9.17) is 14.2 Å². The number of pyridine rings is 1. The molecule has 1 N–H and O–H groups in total. The second-order valence-electron chi connectivity index (χ2n) is 7.12. The molecule has 2 atom stereocenters. The van der Waals surface area contributed by atoms with Gasteiger partial charge in [0.2, 0.25) is 0 Å². The SMILES string of the molecule is COCCOc1ccc([C@@H]2N[C@H](c3cccnc3)Cc3cc(OC)ccc32)cc1. The Hall–Kier alpha value is -2.89. The van der Waals surface area contributed by atoms with Crippen molar-refractivity contribution in [3.63, 3.8) is 0 Å². The standard InChI is InChI=1S/C24H26N2O3/c1-27-12-13-29-20-7-5-17(6-8-20)24-22-10-9-21(28-2)14-19(22)15-23(26-24)18-4-3-11-25-16-18/h3-11,14,16,23-24,26H,12-13,15H2,1-2H3/t23-,24-/m0/s1. The van der Waals surface area contributed by atoms with Gasteiger partial charge in [-0.05, 0) is 59.0 Å². The van der Waals surface area contributed by atoms with E-state index in [0.29, 0.717) is 13.2 Å². The van der Waals surface area contributed by atoms with Crippen molar-refractivity contribution in [2.45, 2.75) is 18.5 Å². The van der Waals surface area contributed by atoms with Gasteiger partial charge in [-0.25, -0.2) is 0 Å². The van der Waals surface area contributed by atoms with E-state index in [1.165, 1.54) is 22.3 Å². The lowest BCUT2D eigenvalue weighted by Crippen LogP contribution is -2.34. The molecule has 0 unspecified atom stereocenters. The highest BCUT2D eigenvalue weighted by atomic mass is 16.5. The third-order valence-electron chi connectivity index (χ3n) is 5.31. The number of nitrogens with zero attached hydrogens (tertiary/aromatic N) is 1. The lowest BCUT2D eigenvalue weighted by atomic mass is 9.84. The molecule has 29 heavy (non-hydrogen) atoms. The topological polar surface area (TPSA) is 52.6 Å². The maximum Gasteiger partial charge on any atom is 0.119 e. The van der Waals surface area contributed by atoms with Crippen LogP contribution in [-0.2, 0) is 11.2 Å². The van der Waals surface area contributed by atoms with Crippen LogP contribution in [0.2, 0.25) is 0 Å². The average Bonchev–Trinajstić information content (AvgIpc) is 2.79. The van der Waals surface area contributed by atoms with Crippen molar-refractivity contribution >= 4 is 0 Å². The maximum absolute atomic E-state index is 5.71. The molecule has 0 amide bonds. The van der Waals surface area contributed by atoms with E-state index in [0.717, 1.165) is 17.9 Å². The van der Waals surface area contributed by atoms with Crippen molar-refractivity contribution in [2.24, 2.45) is 0 Å². The van der Waals surface area contributed by atoms with E-state index in [-0.39, 0.29) is 12.1 Å². The van der Waals surface area contributed by atoms with Gasteiger partial charge in [0.25, 0.3) is 0 Å². The smallest absolute Gasteiger partial charge is 0.119 e. The molecule has 0 fully saturated rings. The van der Waals surface area contributed by atoms with Gasteiger partial charge in [-0.15, -0.1) is 0 Å². The fourth-order valence-electron chi connectivity index (χ4n) is 3.81. The molecule has 2 heterocycles. The van der Waals surface area contributed by atoms with Crippen molar-refractivity contribution in [3.05, 3.63) is 89.2 Å². The predicted octanol–water partition coefficient (Wildman–Crippen LogP) is 4.09. The zero-order valence-corrected chi connectivity index (χ0v) is 16.8. The number of nitrogens with one attached hydrogen (secondary N) is 1. The fourth-order valence-corrected chi connectivity index (χ4v) is 3.81. The summed E-state index contributed by atoms with van der Waals surface area (Å²) in [5.74, 6) is 1.73. The summed E-state index contributed by atoms with van der Waals surface area (Å²) in [4.78, 5) is 4.30. The molecule has 5 nitrogen and oxygen atoms in total. The van der Waals surface area contributed by atoms with Crippen LogP contribution in [-0.4, -0.2) is 32.4 Å². The van der Waals surface area contributed by atoms with E-state index in [9.17, 15) is 0 Å². The van der Waals surface area contributed by atoms with Gasteiger partial charge in [0.1, 0.15) is 18.1 Å². The van der Waals surface area contributed by atoms with Crippen molar-refractivity contribution < 1.29 is 14.2 Å². The summed E-state index contributed by atoms with van der Waals surface area (Å²) in [6, 6.07) is 19.0. The van der Waals surface area contributed by atoms with Crippen LogP contribution >= 0.6 is 0 Å². The molecule has 4 rings (SSSR count). The Morgan fingerprint density at radius 2 is 1.79 bits per heavy atom. The summed E-state index contributed by atoms with van der Waals surface area (Å²) in [5.41, 5.74) is 4.95. The highest BCUT2D eigenvalue weighted by Gasteiger charge is 2.28. The maximum atomic E-state index is 5.71. The predicted molar refractivity (Wildman–Crippen MR) is 112 cm³/mol. The third-order valence-corrected chi connectivity index (χ3v) is 5.31. The lowest BCUT2D eigenvalue weighted by molar-refractivity contribution is 0.146. The van der Waals surface area contributed by atoms with Gasteiger partial charge < -0.3 is 14.2 Å². The number of ether oxygens (including phenoxy) is 3. The Balaban J connectivity index is 1.64. The van der Waals surface area contributed by atoms with E-state index in [2.05, 4.69) is 40.6 Å². The zero-order chi connectivity index (χ0) is 20.1. The van der Waals surface area contributed by atoms with Gasteiger partial charge in [-0.3, -0.25) is 10.3 Å². The molecule has 1 aliphatic heterocycles. The van der Waals surface area contributed by atoms with Gasteiger partial charge in [0.05, 0.1) is 19.8 Å². The summed E-state index contributed by atoms with van der Waals surface area (Å²) in [5, 5.41) is 3.81. The highest BCUT2D eigenvalue weighted by molar-refractivity contribution is 5.46. The Morgan fingerprint density at radius 1 is 0.966 bits per heavy atom. The van der Waals surface area contributed by atoms with Crippen molar-refractivity contribution in [2.75, 3.05) is 27.4 Å². The molecule has 0 saturated carbocycles. The number of hydrogen-bond donors (Lipinski definition) is 1. The molecule has 150 valence electrons. The number of methoxy groups -OCH3 is 2. The van der Waals surface area contributed by atoms with Crippen molar-refractivity contribution in [1.82, 2.24) is 10.3 Å². The van der Waals surface area contributed by atoms with E-state index >= 15 is 0 Å². The molecular weight excluding hydrogens is 364 g/mol. The molecule has 0 saturated heterocycles. The van der Waals surface area contributed by atoms with Crippen LogP contribution in [0.1, 0.15) is 34.3 Å². The van der Waals surface area contributed by atoms with Gasteiger partial charge in [0.15, 0.2) is 0 Å². The molecule has 1 aliphatic rings. The van der Waals surface area contributed by atoms with Crippen LogP contribution in [0.15, 0.2) is 67.0 Å². The highest BCUT2D eigenvalue weighted by Crippen LogP contribution is 2.37. The van der Waals surface area contributed by atoms with Crippen molar-refractivity contribution in [1.29, 1.82) is 0 Å². The normalized spacial score (nSPS) is 18.1. The van der Waals surface area contributed by atoms with Crippen LogP contribution in [0.25, 0.3) is 0 Å². The van der Waals surface area contributed by atoms with Crippen LogP contribution in [0.3, 0.4) is 0 Å². The Labute approximate surface area is 171 Å². The largest absolute Gasteiger partial charge is 0.497 e. The molecule has 1 aromatic heterocycles. The molecule has 0 radical (unpaired) electrons. The second kappa shape index (κ2) is 9.07. The first kappa shape index (κ1) is 19.4. The summed E-state index contributed by atoms with van der Waals surface area (Å²) >= 11 is 0. The minimum Gasteiger partial charge on any atom is -0.497 e. The monoisotopic (exact) mass is 390 g/mol. The number of benzene rings is 2. The summed E-state index contributed by atoms with van der Waals surface area (Å²) in [6.07, 6.45) is 4.64. The Morgan fingerprint density at radius 3 is 2.52 bits per heavy atom. The minimum absolute atomic E-state index is 0.0860. The van der Waals surface area contributed by atoms with E-state index < -0.39 is 0 Å². The first-order valence-corrected chi connectivity index (χ1v) is 9.83. The summed E-state index contributed by atoms with van der Waals surface area (Å²) in [7, 11) is 3.38. The number of rotatable bonds is 7. The molecular formula is C24H26N2O3. The zero-order valence-electron chi connectivity index (χ0n) is 16.8. The molecule has 2 aromatic carbocycles. The molecule has 0 spiro atoms. The molecule has 0 bridgehead atoms. The lowest BCUT2D eigenvalue weighted by Gasteiger charge is -2.34. The quantitative estimate of drug-likeness (QED) is 0.616. The van der Waals surface area contributed by atoms with Crippen LogP contribution in [0.5, 0.6) is 11.5 Å². The third kappa shape index (κ3) is 4.42. The van der Waals surface area contributed by atoms with Crippen LogP contribution in [0, 0.1) is 0 Å². The van der Waals surface area contributed by atoms with Gasteiger partial charge in [-0.1, -0.05) is 24.3 Å². The summed E-state index contributed by atoms with van der Waals surface area (Å²) in [6.45, 7) is 1.12. The van der Waals surface area contributed by atoms with E-state index in [1.54, 1.807) is 14.2 Å². The molecule has 3 aromatic rings. The number of fused-ring (bicyclic) bond motifs is 1. The van der Waals surface area contributed by atoms with Gasteiger partial charge in [0, 0.05) is 25.5 Å². The van der Waals surface area contributed by atoms with Gasteiger partial charge >= 0.3 is 0 Å². The molecule has 0 aliphatic carbocycles. The van der Waals surface area contributed by atoms with E-state index in [1.807, 2.05) is 36.7 Å².